The second kappa shape index (κ2) is 5.11. The zero-order valence-corrected chi connectivity index (χ0v) is 11.4. The molecule has 0 aliphatic rings. The number of H-pyrrole nitrogens is 1. The molecule has 3 nitrogen and oxygen atoms in total. The lowest BCUT2D eigenvalue weighted by Crippen LogP contribution is -2.11. The van der Waals surface area contributed by atoms with Crippen LogP contribution in [0.1, 0.15) is 17.3 Å². The van der Waals surface area contributed by atoms with E-state index in [1.807, 2.05) is 41.2 Å². The Morgan fingerprint density at radius 3 is 2.74 bits per heavy atom. The van der Waals surface area contributed by atoms with E-state index in [4.69, 9.17) is 23.2 Å². The third-order valence-electron chi connectivity index (χ3n) is 3.00. The lowest BCUT2D eigenvalue weighted by atomic mass is 10.0. The summed E-state index contributed by atoms with van der Waals surface area (Å²) in [5.74, 6) is 0. The molecule has 0 spiro atoms. The second-order valence-corrected chi connectivity index (χ2v) is 5.05. The zero-order chi connectivity index (χ0) is 13.2. The molecule has 0 aliphatic carbocycles. The number of hydrogen-bond acceptors (Lipinski definition) is 1. The van der Waals surface area contributed by atoms with E-state index in [0.29, 0.717) is 10.0 Å². The van der Waals surface area contributed by atoms with Crippen LogP contribution < -0.4 is 0 Å². The van der Waals surface area contributed by atoms with E-state index in [-0.39, 0.29) is 6.04 Å². The van der Waals surface area contributed by atoms with E-state index >= 15 is 0 Å². The first-order valence-electron chi connectivity index (χ1n) is 5.81. The van der Waals surface area contributed by atoms with Crippen LogP contribution >= 0.6 is 23.2 Å². The summed E-state index contributed by atoms with van der Waals surface area (Å²) in [6.07, 6.45) is 7.33. The monoisotopic (exact) mass is 291 g/mol. The summed E-state index contributed by atoms with van der Waals surface area (Å²) in [5, 5.41) is 1.27. The molecule has 2 heterocycles. The number of halogens is 2. The molecule has 0 saturated carbocycles. The largest absolute Gasteiger partial charge is 0.363 e. The Kier molecular flexibility index (Phi) is 3.32. The summed E-state index contributed by atoms with van der Waals surface area (Å²) < 4.78 is 2.00. The summed E-state index contributed by atoms with van der Waals surface area (Å²) >= 11 is 12.3. The molecule has 3 rings (SSSR count). The minimum Gasteiger partial charge on any atom is -0.363 e. The second-order valence-electron chi connectivity index (χ2n) is 4.20. The predicted molar refractivity (Wildman–Crippen MR) is 76.7 cm³/mol. The molecule has 19 heavy (non-hydrogen) atoms. The first-order chi connectivity index (χ1) is 9.25. The summed E-state index contributed by atoms with van der Waals surface area (Å²) in [6, 6.07) is 9.48. The highest BCUT2D eigenvalue weighted by atomic mass is 35.5. The van der Waals surface area contributed by atoms with E-state index in [0.717, 1.165) is 11.3 Å². The van der Waals surface area contributed by atoms with Crippen molar-refractivity contribution in [2.45, 2.75) is 6.04 Å². The minimum atomic E-state index is -0.0396. The molecular formula is C14H11Cl2N3. The van der Waals surface area contributed by atoms with E-state index < -0.39 is 0 Å². The van der Waals surface area contributed by atoms with Gasteiger partial charge >= 0.3 is 0 Å². The van der Waals surface area contributed by atoms with Crippen LogP contribution in [-0.2, 0) is 0 Å². The smallest absolute Gasteiger partial charge is 0.101 e. The van der Waals surface area contributed by atoms with Crippen molar-refractivity contribution < 1.29 is 0 Å². The van der Waals surface area contributed by atoms with Gasteiger partial charge in [-0.15, -0.1) is 0 Å². The third kappa shape index (κ3) is 2.39. The molecule has 0 radical (unpaired) electrons. The van der Waals surface area contributed by atoms with Crippen LogP contribution in [0, 0.1) is 0 Å². The molecule has 96 valence electrons. The van der Waals surface area contributed by atoms with Gasteiger partial charge in [0.25, 0.3) is 0 Å². The van der Waals surface area contributed by atoms with Gasteiger partial charge in [0.2, 0.25) is 0 Å². The fraction of sp³-hybridized carbons (Fsp3) is 0.0714. The van der Waals surface area contributed by atoms with E-state index in [2.05, 4.69) is 9.97 Å². The molecule has 2 aromatic heterocycles. The number of hydrogen-bond donors (Lipinski definition) is 1. The molecule has 0 amide bonds. The molecule has 1 aromatic carbocycles. The number of imidazole rings is 1. The van der Waals surface area contributed by atoms with Crippen molar-refractivity contribution in [3.05, 3.63) is 76.6 Å². The van der Waals surface area contributed by atoms with Crippen molar-refractivity contribution in [1.82, 2.24) is 14.5 Å². The van der Waals surface area contributed by atoms with Crippen LogP contribution in [0.25, 0.3) is 0 Å². The van der Waals surface area contributed by atoms with Gasteiger partial charge in [-0.1, -0.05) is 29.3 Å². The highest BCUT2D eigenvalue weighted by Gasteiger charge is 2.19. The number of aromatic nitrogens is 3. The summed E-state index contributed by atoms with van der Waals surface area (Å²) in [5.41, 5.74) is 2.02. The molecule has 0 fully saturated rings. The zero-order valence-electron chi connectivity index (χ0n) is 9.92. The van der Waals surface area contributed by atoms with Crippen molar-refractivity contribution in [1.29, 1.82) is 0 Å². The maximum Gasteiger partial charge on any atom is 0.101 e. The maximum atomic E-state index is 6.33. The Balaban J connectivity index is 2.14. The molecule has 0 saturated heterocycles. The lowest BCUT2D eigenvalue weighted by molar-refractivity contribution is 0.661. The average molecular weight is 292 g/mol. The first-order valence-corrected chi connectivity index (χ1v) is 6.57. The SMILES string of the molecule is Clc1ccc(C(c2ccc[nH]2)n2ccnc2)c(Cl)c1. The molecular weight excluding hydrogens is 281 g/mol. The molecule has 0 bridgehead atoms. The number of benzene rings is 1. The molecule has 5 heteroatoms. The average Bonchev–Trinajstić information content (AvgIpc) is 3.06. The number of nitrogens with zero attached hydrogens (tertiary/aromatic N) is 2. The number of aromatic amines is 1. The van der Waals surface area contributed by atoms with Gasteiger partial charge in [-0.05, 0) is 29.8 Å². The Morgan fingerprint density at radius 1 is 1.21 bits per heavy atom. The van der Waals surface area contributed by atoms with Gasteiger partial charge in [-0.25, -0.2) is 4.98 Å². The van der Waals surface area contributed by atoms with Crippen molar-refractivity contribution in [2.75, 3.05) is 0 Å². The first kappa shape index (κ1) is 12.3. The van der Waals surface area contributed by atoms with Gasteiger partial charge in [0.15, 0.2) is 0 Å². The van der Waals surface area contributed by atoms with E-state index in [1.54, 1.807) is 18.6 Å². The van der Waals surface area contributed by atoms with Gasteiger partial charge in [0, 0.05) is 34.3 Å². The fourth-order valence-corrected chi connectivity index (χ4v) is 2.66. The summed E-state index contributed by atoms with van der Waals surface area (Å²) in [7, 11) is 0. The van der Waals surface area contributed by atoms with Crippen LogP contribution in [0.2, 0.25) is 10.0 Å². The van der Waals surface area contributed by atoms with Crippen LogP contribution in [0.5, 0.6) is 0 Å². The quantitative estimate of drug-likeness (QED) is 0.772. The van der Waals surface area contributed by atoms with Crippen molar-refractivity contribution in [2.24, 2.45) is 0 Å². The lowest BCUT2D eigenvalue weighted by Gasteiger charge is -2.19. The summed E-state index contributed by atoms with van der Waals surface area (Å²) in [4.78, 5) is 7.33. The predicted octanol–water partition coefficient (Wildman–Crippen LogP) is 4.16. The standard InChI is InChI=1S/C14H11Cl2N3/c15-10-3-4-11(12(16)8-10)14(13-2-1-5-18-13)19-7-6-17-9-19/h1-9,14,18H. The van der Waals surface area contributed by atoms with E-state index in [1.165, 1.54) is 0 Å². The topological polar surface area (TPSA) is 33.6 Å². The normalized spacial score (nSPS) is 12.5. The highest BCUT2D eigenvalue weighted by molar-refractivity contribution is 6.35. The number of nitrogens with one attached hydrogen (secondary N) is 1. The van der Waals surface area contributed by atoms with Gasteiger partial charge in [-0.2, -0.15) is 0 Å². The third-order valence-corrected chi connectivity index (χ3v) is 3.56. The van der Waals surface area contributed by atoms with Gasteiger partial charge in [-0.3, -0.25) is 0 Å². The Hall–Kier alpha value is -1.71. The minimum absolute atomic E-state index is 0.0396. The Bertz CT molecular complexity index is 626. The van der Waals surface area contributed by atoms with Crippen LogP contribution in [0.15, 0.2) is 55.2 Å². The number of rotatable bonds is 3. The molecule has 0 aliphatic heterocycles. The van der Waals surface area contributed by atoms with Crippen LogP contribution in [0.3, 0.4) is 0 Å². The molecule has 1 unspecified atom stereocenters. The van der Waals surface area contributed by atoms with Crippen molar-refractivity contribution in [3.63, 3.8) is 0 Å². The van der Waals surface area contributed by atoms with E-state index in [9.17, 15) is 0 Å². The fourth-order valence-electron chi connectivity index (χ4n) is 2.15. The highest BCUT2D eigenvalue weighted by Crippen LogP contribution is 2.32. The Morgan fingerprint density at radius 2 is 2.11 bits per heavy atom. The Labute approximate surface area is 120 Å². The van der Waals surface area contributed by atoms with Gasteiger partial charge in [0.1, 0.15) is 6.04 Å². The van der Waals surface area contributed by atoms with Crippen molar-refractivity contribution in [3.8, 4) is 0 Å². The van der Waals surface area contributed by atoms with Gasteiger partial charge < -0.3 is 9.55 Å². The molecule has 1 N–H and O–H groups in total. The maximum absolute atomic E-state index is 6.33. The summed E-state index contributed by atoms with van der Waals surface area (Å²) in [6.45, 7) is 0. The van der Waals surface area contributed by atoms with Gasteiger partial charge in [0.05, 0.1) is 6.33 Å². The van der Waals surface area contributed by atoms with Crippen molar-refractivity contribution >= 4 is 23.2 Å². The molecule has 1 atom stereocenters. The van der Waals surface area contributed by atoms with Crippen LogP contribution in [0.4, 0.5) is 0 Å². The van der Waals surface area contributed by atoms with Crippen LogP contribution in [-0.4, -0.2) is 14.5 Å². The molecule has 3 aromatic rings.